The summed E-state index contributed by atoms with van der Waals surface area (Å²) in [4.78, 5) is 12.6. The third-order valence-corrected chi connectivity index (χ3v) is 3.33. The minimum absolute atomic E-state index is 0.0900. The highest BCUT2D eigenvalue weighted by Crippen LogP contribution is 2.16. The average Bonchev–Trinajstić information content (AvgIpc) is 2.99. The number of Topliss-reactive ketones (excluding diaryl/α,β-unsaturated/α-hetero) is 1. The van der Waals surface area contributed by atoms with Gasteiger partial charge in [0.15, 0.2) is 0 Å². The van der Waals surface area contributed by atoms with E-state index in [1.165, 1.54) is 17.4 Å². The summed E-state index contributed by atoms with van der Waals surface area (Å²) in [6, 6.07) is 14.1. The largest absolute Gasteiger partial charge is 0.287 e. The van der Waals surface area contributed by atoms with Gasteiger partial charge in [-0.1, -0.05) is 18.2 Å². The molecule has 19 heavy (non-hydrogen) atoms. The quantitative estimate of drug-likeness (QED) is 0.484. The van der Waals surface area contributed by atoms with E-state index >= 15 is 0 Å². The monoisotopic (exact) mass is 264 g/mol. The first-order chi connectivity index (χ1) is 9.24. The number of nitrogens with zero attached hydrogens (tertiary/aromatic N) is 2. The maximum absolute atomic E-state index is 12.0. The molecule has 0 aliphatic rings. The van der Waals surface area contributed by atoms with Crippen molar-refractivity contribution in [3.05, 3.63) is 63.4 Å². The molecule has 0 bridgehead atoms. The molecule has 4 heteroatoms. The van der Waals surface area contributed by atoms with Crippen LogP contribution in [-0.2, 0) is 0 Å². The van der Waals surface area contributed by atoms with E-state index in [2.05, 4.69) is 0 Å². The summed E-state index contributed by atoms with van der Waals surface area (Å²) in [5.41, 5.74) is 1.35. The summed E-state index contributed by atoms with van der Waals surface area (Å²) in [6.07, 6.45) is 1.53. The van der Waals surface area contributed by atoms with E-state index in [1.54, 1.807) is 41.8 Å². The molecule has 0 aliphatic carbocycles. The standard InChI is InChI=1S/C15H8N2OS/c16-9-12-5-3-11(4-6-12)8-13(10-17)15(18)14-2-1-7-19-14/h1-8H/b13-8+. The SMILES string of the molecule is N#C/C(=C\c1ccc(C#N)cc1)C(=O)c1cccs1. The average molecular weight is 264 g/mol. The third-order valence-electron chi connectivity index (χ3n) is 2.46. The van der Waals surface area contributed by atoms with Gasteiger partial charge >= 0.3 is 0 Å². The van der Waals surface area contributed by atoms with Gasteiger partial charge < -0.3 is 0 Å². The molecule has 1 aromatic heterocycles. The van der Waals surface area contributed by atoms with Crippen LogP contribution >= 0.6 is 11.3 Å². The zero-order chi connectivity index (χ0) is 13.7. The summed E-state index contributed by atoms with van der Waals surface area (Å²) < 4.78 is 0. The zero-order valence-corrected chi connectivity index (χ0v) is 10.6. The van der Waals surface area contributed by atoms with E-state index in [9.17, 15) is 4.79 Å². The van der Waals surface area contributed by atoms with Gasteiger partial charge in [0.05, 0.1) is 16.5 Å². The predicted molar refractivity (Wildman–Crippen MR) is 73.4 cm³/mol. The molecule has 2 rings (SSSR count). The van der Waals surface area contributed by atoms with E-state index in [0.717, 1.165) is 5.56 Å². The molecule has 0 atom stereocenters. The Bertz CT molecular complexity index is 698. The highest BCUT2D eigenvalue weighted by molar-refractivity contribution is 7.12. The summed E-state index contributed by atoms with van der Waals surface area (Å²) in [5.74, 6) is -0.276. The second-order valence-corrected chi connectivity index (χ2v) is 4.66. The van der Waals surface area contributed by atoms with Gasteiger partial charge in [-0.3, -0.25) is 4.79 Å². The Balaban J connectivity index is 2.31. The van der Waals surface area contributed by atoms with Crippen molar-refractivity contribution in [1.82, 2.24) is 0 Å². The van der Waals surface area contributed by atoms with Crippen LogP contribution in [0.1, 0.15) is 20.8 Å². The van der Waals surface area contributed by atoms with E-state index in [-0.39, 0.29) is 11.4 Å². The lowest BCUT2D eigenvalue weighted by Gasteiger charge is -1.97. The fraction of sp³-hybridized carbons (Fsp3) is 0. The number of nitriles is 2. The molecule has 1 heterocycles. The molecule has 0 spiro atoms. The molecule has 2 aromatic rings. The second-order valence-electron chi connectivity index (χ2n) is 3.71. The topological polar surface area (TPSA) is 64.7 Å². The van der Waals surface area contributed by atoms with E-state index in [4.69, 9.17) is 10.5 Å². The number of carbonyl (C=O) groups is 1. The summed E-state index contributed by atoms with van der Waals surface area (Å²) in [7, 11) is 0. The van der Waals surface area contributed by atoms with Crippen molar-refractivity contribution >= 4 is 23.2 Å². The van der Waals surface area contributed by atoms with Gasteiger partial charge in [-0.15, -0.1) is 11.3 Å². The molecule has 0 aliphatic heterocycles. The van der Waals surface area contributed by atoms with Crippen molar-refractivity contribution in [1.29, 1.82) is 10.5 Å². The molecule has 0 radical (unpaired) electrons. The van der Waals surface area contributed by atoms with Crippen LogP contribution in [0.5, 0.6) is 0 Å². The molecule has 0 fully saturated rings. The maximum Gasteiger partial charge on any atom is 0.213 e. The van der Waals surface area contributed by atoms with E-state index in [0.29, 0.717) is 10.4 Å². The molecule has 0 N–H and O–H groups in total. The highest BCUT2D eigenvalue weighted by Gasteiger charge is 2.12. The van der Waals surface area contributed by atoms with Crippen LogP contribution in [0.4, 0.5) is 0 Å². The summed E-state index contributed by atoms with van der Waals surface area (Å²) >= 11 is 1.31. The number of benzene rings is 1. The summed E-state index contributed by atoms with van der Waals surface area (Å²) in [6.45, 7) is 0. The Morgan fingerprint density at radius 2 is 1.89 bits per heavy atom. The van der Waals surface area contributed by atoms with Gasteiger partial charge in [-0.25, -0.2) is 0 Å². The van der Waals surface area contributed by atoms with Crippen LogP contribution in [0.2, 0.25) is 0 Å². The molecule has 0 saturated heterocycles. The molecular weight excluding hydrogens is 256 g/mol. The number of carbonyl (C=O) groups excluding carboxylic acids is 1. The highest BCUT2D eigenvalue weighted by atomic mass is 32.1. The number of hydrogen-bond acceptors (Lipinski definition) is 4. The Morgan fingerprint density at radius 3 is 2.42 bits per heavy atom. The maximum atomic E-state index is 12.0. The first kappa shape index (κ1) is 12.8. The van der Waals surface area contributed by atoms with Crippen molar-refractivity contribution in [2.45, 2.75) is 0 Å². The van der Waals surface area contributed by atoms with Gasteiger partial charge in [0, 0.05) is 0 Å². The van der Waals surface area contributed by atoms with Crippen LogP contribution in [0.3, 0.4) is 0 Å². The van der Waals surface area contributed by atoms with E-state index < -0.39 is 0 Å². The first-order valence-electron chi connectivity index (χ1n) is 5.45. The van der Waals surface area contributed by atoms with Gasteiger partial charge in [-0.2, -0.15) is 10.5 Å². The lowest BCUT2D eigenvalue weighted by Crippen LogP contribution is -1.98. The molecule has 0 amide bonds. The molecule has 0 saturated carbocycles. The van der Waals surface area contributed by atoms with Gasteiger partial charge in [-0.05, 0) is 35.2 Å². The lowest BCUT2D eigenvalue weighted by atomic mass is 10.1. The molecule has 90 valence electrons. The molecule has 1 aromatic carbocycles. The van der Waals surface area contributed by atoms with Crippen molar-refractivity contribution in [2.75, 3.05) is 0 Å². The molecule has 3 nitrogen and oxygen atoms in total. The van der Waals surface area contributed by atoms with Crippen molar-refractivity contribution < 1.29 is 4.79 Å². The van der Waals surface area contributed by atoms with Crippen LogP contribution in [0, 0.1) is 22.7 Å². The van der Waals surface area contributed by atoms with Crippen LogP contribution in [-0.4, -0.2) is 5.78 Å². The predicted octanol–water partition coefficient (Wildman–Crippen LogP) is 3.41. The first-order valence-corrected chi connectivity index (χ1v) is 6.32. The fourth-order valence-corrected chi connectivity index (χ4v) is 2.19. The normalized spacial score (nSPS) is 10.5. The number of allylic oxidation sites excluding steroid dienone is 1. The molecular formula is C15H8N2OS. The minimum Gasteiger partial charge on any atom is -0.287 e. The van der Waals surface area contributed by atoms with Crippen molar-refractivity contribution in [3.63, 3.8) is 0 Å². The van der Waals surface area contributed by atoms with Crippen LogP contribution in [0.25, 0.3) is 6.08 Å². The van der Waals surface area contributed by atoms with Crippen LogP contribution < -0.4 is 0 Å². The lowest BCUT2D eigenvalue weighted by molar-refractivity contribution is 0.104. The van der Waals surface area contributed by atoms with Gasteiger partial charge in [0.1, 0.15) is 11.6 Å². The Labute approximate surface area is 114 Å². The Kier molecular flexibility index (Phi) is 3.87. The van der Waals surface area contributed by atoms with Gasteiger partial charge in [0.2, 0.25) is 5.78 Å². The number of thiophene rings is 1. The van der Waals surface area contributed by atoms with Crippen LogP contribution in [0.15, 0.2) is 47.4 Å². The Hall–Kier alpha value is -2.69. The smallest absolute Gasteiger partial charge is 0.213 e. The van der Waals surface area contributed by atoms with E-state index in [1.807, 2.05) is 12.1 Å². The second kappa shape index (κ2) is 5.77. The third kappa shape index (κ3) is 2.95. The number of hydrogen-bond donors (Lipinski definition) is 0. The summed E-state index contributed by atoms with van der Waals surface area (Å²) in [5, 5.41) is 19.6. The number of ketones is 1. The van der Waals surface area contributed by atoms with Gasteiger partial charge in [0.25, 0.3) is 0 Å². The fourth-order valence-electron chi connectivity index (χ4n) is 1.51. The number of rotatable bonds is 3. The Morgan fingerprint density at radius 1 is 1.16 bits per heavy atom. The minimum atomic E-state index is -0.276. The van der Waals surface area contributed by atoms with Crippen molar-refractivity contribution in [3.8, 4) is 12.1 Å². The molecule has 0 unspecified atom stereocenters. The zero-order valence-electron chi connectivity index (χ0n) is 9.83. The van der Waals surface area contributed by atoms with Crippen molar-refractivity contribution in [2.24, 2.45) is 0 Å².